The fourth-order valence-corrected chi connectivity index (χ4v) is 2.23. The monoisotopic (exact) mass is 195 g/mol. The van der Waals surface area contributed by atoms with Crippen LogP contribution in [0.4, 0.5) is 0 Å². The Kier molecular flexibility index (Phi) is 1.63. The highest BCUT2D eigenvalue weighted by Crippen LogP contribution is 2.38. The third-order valence-electron chi connectivity index (χ3n) is 2.89. The van der Waals surface area contributed by atoms with Crippen LogP contribution in [-0.2, 0) is 0 Å². The molecule has 1 aliphatic heterocycles. The largest absolute Gasteiger partial charge is 0.302 e. The Bertz CT molecular complexity index is 548. The summed E-state index contributed by atoms with van der Waals surface area (Å²) in [7, 11) is 0. The molecule has 0 radical (unpaired) electrons. The summed E-state index contributed by atoms with van der Waals surface area (Å²) in [5.74, 6) is 0.189. The zero-order chi connectivity index (χ0) is 10.3. The molecule has 0 bridgehead atoms. The number of imidazole rings is 1. The fraction of sp³-hybridized carbons (Fsp3) is 0.167. The van der Waals surface area contributed by atoms with Gasteiger partial charge in [-0.25, -0.2) is 4.98 Å². The molecule has 0 fully saturated rings. The Balaban J connectivity index is 2.24. The molecule has 0 amide bonds. The topological polar surface area (TPSA) is 41.6 Å². The molecule has 3 rings (SSSR count). The average molecular weight is 195 g/mol. The van der Waals surface area contributed by atoms with Crippen molar-refractivity contribution in [3.8, 4) is 11.8 Å². The van der Waals surface area contributed by atoms with Crippen molar-refractivity contribution in [1.29, 1.82) is 5.26 Å². The van der Waals surface area contributed by atoms with Crippen LogP contribution < -0.4 is 0 Å². The summed E-state index contributed by atoms with van der Waals surface area (Å²) in [6.07, 6.45) is 4.18. The highest BCUT2D eigenvalue weighted by atomic mass is 15.1. The van der Waals surface area contributed by atoms with Gasteiger partial charge in [-0.1, -0.05) is 18.2 Å². The van der Waals surface area contributed by atoms with E-state index in [1.54, 1.807) is 0 Å². The molecule has 3 heteroatoms. The lowest BCUT2D eigenvalue weighted by molar-refractivity contribution is 0.834. The summed E-state index contributed by atoms with van der Waals surface area (Å²) in [4.78, 5) is 4.13. The molecule has 1 unspecified atom stereocenters. The van der Waals surface area contributed by atoms with E-state index in [1.165, 1.54) is 5.56 Å². The van der Waals surface area contributed by atoms with Gasteiger partial charge in [0.1, 0.15) is 0 Å². The van der Waals surface area contributed by atoms with Crippen LogP contribution in [0.25, 0.3) is 5.69 Å². The molecule has 1 aromatic heterocycles. The van der Waals surface area contributed by atoms with Crippen molar-refractivity contribution in [1.82, 2.24) is 9.55 Å². The molecular weight excluding hydrogens is 186 g/mol. The number of fused-ring (bicyclic) bond motifs is 3. The number of rotatable bonds is 1. The molecular formula is C12H9N3. The zero-order valence-electron chi connectivity index (χ0n) is 8.09. The van der Waals surface area contributed by atoms with E-state index in [9.17, 15) is 0 Å². The number of hydrogen-bond acceptors (Lipinski definition) is 2. The van der Waals surface area contributed by atoms with E-state index in [0.29, 0.717) is 6.42 Å². The molecule has 3 nitrogen and oxygen atoms in total. The van der Waals surface area contributed by atoms with Crippen molar-refractivity contribution in [2.24, 2.45) is 0 Å². The Morgan fingerprint density at radius 2 is 2.27 bits per heavy atom. The van der Waals surface area contributed by atoms with Crippen LogP contribution in [0, 0.1) is 11.3 Å². The second kappa shape index (κ2) is 2.96. The van der Waals surface area contributed by atoms with Crippen LogP contribution >= 0.6 is 0 Å². The van der Waals surface area contributed by atoms with E-state index in [0.717, 1.165) is 11.4 Å². The summed E-state index contributed by atoms with van der Waals surface area (Å²) < 4.78 is 2.07. The van der Waals surface area contributed by atoms with Crippen LogP contribution in [-0.4, -0.2) is 9.55 Å². The van der Waals surface area contributed by atoms with Crippen molar-refractivity contribution >= 4 is 0 Å². The first-order chi connectivity index (χ1) is 7.42. The number of benzene rings is 1. The average Bonchev–Trinajstić information content (AvgIpc) is 2.82. The predicted molar refractivity (Wildman–Crippen MR) is 55.6 cm³/mol. The quantitative estimate of drug-likeness (QED) is 0.700. The van der Waals surface area contributed by atoms with Crippen LogP contribution in [0.15, 0.2) is 36.8 Å². The Hall–Kier alpha value is -2.08. The minimum Gasteiger partial charge on any atom is -0.302 e. The minimum atomic E-state index is 0.189. The molecule has 0 aliphatic carbocycles. The molecule has 0 saturated carbocycles. The number of para-hydroxylation sites is 1. The maximum atomic E-state index is 8.84. The number of nitriles is 1. The first-order valence-electron chi connectivity index (χ1n) is 4.90. The summed E-state index contributed by atoms with van der Waals surface area (Å²) in [6.45, 7) is 0. The smallest absolute Gasteiger partial charge is 0.0994 e. The molecule has 72 valence electrons. The Morgan fingerprint density at radius 3 is 3.13 bits per heavy atom. The second-order valence-corrected chi connectivity index (χ2v) is 3.66. The summed E-state index contributed by atoms with van der Waals surface area (Å²) >= 11 is 0. The van der Waals surface area contributed by atoms with E-state index in [-0.39, 0.29) is 5.92 Å². The fourth-order valence-electron chi connectivity index (χ4n) is 2.23. The Morgan fingerprint density at radius 1 is 1.40 bits per heavy atom. The van der Waals surface area contributed by atoms with E-state index in [4.69, 9.17) is 5.26 Å². The standard InChI is InChI=1S/C12H9N3/c13-6-5-10-9-3-1-2-4-11(9)15-8-14-7-12(10)15/h1-4,7-8,10H,5H2. The van der Waals surface area contributed by atoms with Gasteiger partial charge in [-0.15, -0.1) is 0 Å². The molecule has 1 aromatic carbocycles. The van der Waals surface area contributed by atoms with E-state index < -0.39 is 0 Å². The first-order valence-corrected chi connectivity index (χ1v) is 4.90. The van der Waals surface area contributed by atoms with E-state index in [1.807, 2.05) is 24.7 Å². The maximum absolute atomic E-state index is 8.84. The van der Waals surface area contributed by atoms with E-state index >= 15 is 0 Å². The van der Waals surface area contributed by atoms with Gasteiger partial charge < -0.3 is 4.57 Å². The van der Waals surface area contributed by atoms with Crippen LogP contribution in [0.2, 0.25) is 0 Å². The summed E-state index contributed by atoms with van der Waals surface area (Å²) in [6, 6.07) is 10.4. The van der Waals surface area contributed by atoms with Crippen LogP contribution in [0.5, 0.6) is 0 Å². The third kappa shape index (κ3) is 1.02. The van der Waals surface area contributed by atoms with Crippen LogP contribution in [0.1, 0.15) is 23.6 Å². The lowest BCUT2D eigenvalue weighted by Crippen LogP contribution is -1.94. The summed E-state index contributed by atoms with van der Waals surface area (Å²) in [5.41, 5.74) is 3.51. The van der Waals surface area contributed by atoms with Crippen molar-refractivity contribution in [2.45, 2.75) is 12.3 Å². The van der Waals surface area contributed by atoms with Gasteiger partial charge in [0.15, 0.2) is 0 Å². The van der Waals surface area contributed by atoms with Crippen LogP contribution in [0.3, 0.4) is 0 Å². The molecule has 0 N–H and O–H groups in total. The number of hydrogen-bond donors (Lipinski definition) is 0. The third-order valence-corrected chi connectivity index (χ3v) is 2.89. The first kappa shape index (κ1) is 8.25. The molecule has 2 aromatic rings. The van der Waals surface area contributed by atoms with Gasteiger partial charge in [0.05, 0.1) is 23.8 Å². The van der Waals surface area contributed by atoms with Crippen molar-refractivity contribution < 1.29 is 0 Å². The molecule has 2 heterocycles. The maximum Gasteiger partial charge on any atom is 0.0994 e. The lowest BCUT2D eigenvalue weighted by atomic mass is 9.96. The van der Waals surface area contributed by atoms with Crippen molar-refractivity contribution in [3.05, 3.63) is 48.0 Å². The highest BCUT2D eigenvalue weighted by molar-refractivity contribution is 5.53. The molecule has 1 atom stereocenters. The minimum absolute atomic E-state index is 0.189. The second-order valence-electron chi connectivity index (χ2n) is 3.66. The predicted octanol–water partition coefficient (Wildman–Crippen LogP) is 2.23. The van der Waals surface area contributed by atoms with Gasteiger partial charge in [0.25, 0.3) is 0 Å². The van der Waals surface area contributed by atoms with Gasteiger partial charge in [0, 0.05) is 18.5 Å². The van der Waals surface area contributed by atoms with Gasteiger partial charge in [-0.3, -0.25) is 0 Å². The van der Waals surface area contributed by atoms with Gasteiger partial charge in [-0.2, -0.15) is 5.26 Å². The van der Waals surface area contributed by atoms with Gasteiger partial charge in [-0.05, 0) is 11.6 Å². The van der Waals surface area contributed by atoms with Crippen molar-refractivity contribution in [3.63, 3.8) is 0 Å². The molecule has 1 aliphatic rings. The normalized spacial score (nSPS) is 16.9. The lowest BCUT2D eigenvalue weighted by Gasteiger charge is -2.04. The highest BCUT2D eigenvalue weighted by Gasteiger charge is 2.28. The van der Waals surface area contributed by atoms with Gasteiger partial charge in [0.2, 0.25) is 0 Å². The molecule has 0 saturated heterocycles. The van der Waals surface area contributed by atoms with E-state index in [2.05, 4.69) is 27.8 Å². The molecule has 0 spiro atoms. The van der Waals surface area contributed by atoms with Gasteiger partial charge >= 0.3 is 0 Å². The Labute approximate surface area is 87.6 Å². The van der Waals surface area contributed by atoms with Crippen molar-refractivity contribution in [2.75, 3.05) is 0 Å². The number of aromatic nitrogens is 2. The SMILES string of the molecule is N#CCC1c2ccccc2-n2cncc21. The zero-order valence-corrected chi connectivity index (χ0v) is 8.09. The number of nitrogens with zero attached hydrogens (tertiary/aromatic N) is 3. The molecule has 15 heavy (non-hydrogen) atoms. The summed E-state index contributed by atoms with van der Waals surface area (Å²) in [5, 5.41) is 8.84.